The van der Waals surface area contributed by atoms with E-state index in [1.54, 1.807) is 49.4 Å². The Kier molecular flexibility index (Phi) is 16.2. The van der Waals surface area contributed by atoms with E-state index in [-0.39, 0.29) is 32.5 Å². The summed E-state index contributed by atoms with van der Waals surface area (Å²) < 4.78 is 23.1. The fourth-order valence-corrected chi connectivity index (χ4v) is 5.33. The van der Waals surface area contributed by atoms with Crippen molar-refractivity contribution in [3.63, 3.8) is 0 Å². The van der Waals surface area contributed by atoms with Gasteiger partial charge in [-0.05, 0) is 11.1 Å². The van der Waals surface area contributed by atoms with Crippen molar-refractivity contribution in [1.29, 1.82) is 0 Å². The van der Waals surface area contributed by atoms with Gasteiger partial charge < -0.3 is 4.74 Å². The van der Waals surface area contributed by atoms with Crippen LogP contribution in [0.25, 0.3) is 0 Å². The number of amides is 3. The molecule has 4 aromatic rings. The quantitative estimate of drug-likeness (QED) is 0.0654. The molecule has 16 heteroatoms. The van der Waals surface area contributed by atoms with Gasteiger partial charge in [0.1, 0.15) is 6.61 Å². The van der Waals surface area contributed by atoms with Crippen LogP contribution in [0.4, 0.5) is 4.79 Å². The minimum Gasteiger partial charge on any atom is -0.459 e. The number of nitrogens with one attached hydrogen (secondary N) is 4. The van der Waals surface area contributed by atoms with Gasteiger partial charge >= 0.3 is 201 Å². The van der Waals surface area contributed by atoms with Gasteiger partial charge in [0.2, 0.25) is 0 Å². The Morgan fingerprint density at radius 2 is 1.44 bits per heavy atom. The maximum absolute atomic E-state index is 13.4. The number of aliphatic hydroxyl groups is 1. The Hall–Kier alpha value is -6.00. The second-order valence-corrected chi connectivity index (χ2v) is 12.2. The molecule has 5 N–H and O–H groups in total. The summed E-state index contributed by atoms with van der Waals surface area (Å²) in [7, 11) is 0.571. The predicted octanol–water partition coefficient (Wildman–Crippen LogP) is 1.94. The summed E-state index contributed by atoms with van der Waals surface area (Å²) in [5.74, 6) is -3.00. The Balaban J connectivity index is 1.32. The van der Waals surface area contributed by atoms with Gasteiger partial charge in [-0.15, -0.1) is 0 Å². The number of ether oxygens (including phenoxy) is 2. The molecule has 0 bridgehead atoms. The molecule has 1 aromatic heterocycles. The van der Waals surface area contributed by atoms with E-state index in [0.29, 0.717) is 24.8 Å². The minimum absolute atomic E-state index is 0.00898. The maximum atomic E-state index is 13.4. The van der Waals surface area contributed by atoms with Crippen molar-refractivity contribution in [2.45, 2.75) is 63.6 Å². The van der Waals surface area contributed by atoms with Crippen molar-refractivity contribution >= 4 is 36.9 Å². The standard InChI is InChI=1S/C38H43BN6O9/c1-2-12-30(43-35(48)31(41-24-39-52)19-29-21-45(25-42-29)38(51)54-23-27-15-8-4-9-16-27)34(47)36(49)40-20-32(46)44-33(28-17-10-5-11-18-28)37(50)53-22-26-13-6-3-7-14-26/h3-11,13-18,21,25,30-31,33-34,41,47H,2,12,19-20,22-24H2,1H3,(H,40,49)(H,43,48)(H,44,46)/t30?,31?,33-,34?/m0/s1. The van der Waals surface area contributed by atoms with Crippen LogP contribution < -0.4 is 21.3 Å². The number of imidazole rings is 1. The van der Waals surface area contributed by atoms with Crippen LogP contribution in [0.2, 0.25) is 0 Å². The molecule has 0 saturated carbocycles. The number of hydrogen-bond acceptors (Lipinski definition) is 11. The summed E-state index contributed by atoms with van der Waals surface area (Å²) >= 11 is 0. The van der Waals surface area contributed by atoms with Gasteiger partial charge in [0.15, 0.2) is 6.04 Å². The molecule has 15 nitrogen and oxygen atoms in total. The number of benzene rings is 3. The SMILES string of the molecule is CCCC(NC(=O)C(Cc1cn(C(=O)OCc2ccccc2)cn1)NCB=O)C(O)C(=O)NCC(=O)N[C@H](C(=O)OCc1ccccc1)c1ccccc1. The van der Waals surface area contributed by atoms with E-state index in [2.05, 4.69) is 26.3 Å². The van der Waals surface area contributed by atoms with Gasteiger partial charge in [0.25, 0.3) is 0 Å². The number of rotatable bonds is 20. The molecule has 4 rings (SSSR count). The van der Waals surface area contributed by atoms with E-state index in [1.165, 1.54) is 12.5 Å². The van der Waals surface area contributed by atoms with E-state index in [9.17, 15) is 33.8 Å². The molecule has 0 saturated heterocycles. The average Bonchev–Trinajstić information content (AvgIpc) is 3.68. The first-order chi connectivity index (χ1) is 26.2. The van der Waals surface area contributed by atoms with Crippen LogP contribution >= 0.6 is 0 Å². The summed E-state index contributed by atoms with van der Waals surface area (Å²) in [5, 5.41) is 21.4. The second-order valence-electron chi connectivity index (χ2n) is 12.2. The Labute approximate surface area is 313 Å². The van der Waals surface area contributed by atoms with E-state index in [0.717, 1.165) is 15.7 Å². The predicted molar refractivity (Wildman–Crippen MR) is 196 cm³/mol. The molecule has 0 fully saturated rings. The van der Waals surface area contributed by atoms with Gasteiger partial charge in [-0.1, -0.05) is 78.9 Å². The van der Waals surface area contributed by atoms with Gasteiger partial charge in [-0.2, -0.15) is 0 Å². The average molecular weight is 739 g/mol. The van der Waals surface area contributed by atoms with Gasteiger partial charge in [0.05, 0.1) is 0 Å². The first kappa shape index (κ1) is 40.8. The number of carbonyl (C=O) groups is 5. The molecular formula is C38H43BN6O9. The van der Waals surface area contributed by atoms with E-state index < -0.39 is 60.6 Å². The first-order valence-electron chi connectivity index (χ1n) is 17.4. The zero-order valence-electron chi connectivity index (χ0n) is 29.8. The molecule has 0 aliphatic carbocycles. The Morgan fingerprint density at radius 3 is 2.06 bits per heavy atom. The van der Waals surface area contributed by atoms with Crippen LogP contribution in [0.15, 0.2) is 104 Å². The number of carbonyl (C=O) groups excluding carboxylic acids is 5. The Bertz CT molecular complexity index is 1830. The van der Waals surface area contributed by atoms with Crippen LogP contribution in [0.3, 0.4) is 0 Å². The number of aliphatic hydroxyl groups excluding tert-OH is 1. The van der Waals surface area contributed by atoms with Crippen LogP contribution in [0.1, 0.15) is 48.2 Å². The van der Waals surface area contributed by atoms with E-state index in [4.69, 9.17) is 9.47 Å². The summed E-state index contributed by atoms with van der Waals surface area (Å²) in [6.07, 6.45) is 0.654. The fourth-order valence-electron chi connectivity index (χ4n) is 5.33. The van der Waals surface area contributed by atoms with Crippen molar-refractivity contribution in [3.8, 4) is 0 Å². The molecule has 4 atom stereocenters. The number of hydrogen-bond donors (Lipinski definition) is 5. The number of esters is 1. The molecule has 0 spiro atoms. The summed E-state index contributed by atoms with van der Waals surface area (Å²) in [6.45, 7) is 1.25. The van der Waals surface area contributed by atoms with Gasteiger partial charge in [0, 0.05) is 0 Å². The summed E-state index contributed by atoms with van der Waals surface area (Å²) in [6, 6.07) is 23.4. The van der Waals surface area contributed by atoms with Crippen molar-refractivity contribution in [2.24, 2.45) is 0 Å². The fraction of sp³-hybridized carbons (Fsp3) is 0.316. The van der Waals surface area contributed by atoms with E-state index >= 15 is 0 Å². The monoisotopic (exact) mass is 738 g/mol. The zero-order chi connectivity index (χ0) is 38.7. The molecule has 0 aliphatic heterocycles. The Morgan fingerprint density at radius 1 is 0.833 bits per heavy atom. The first-order valence-corrected chi connectivity index (χ1v) is 17.4. The molecule has 282 valence electrons. The van der Waals surface area contributed by atoms with Gasteiger partial charge in [-0.3, -0.25) is 0 Å². The molecule has 3 unspecified atom stereocenters. The summed E-state index contributed by atoms with van der Waals surface area (Å²) in [4.78, 5) is 69.2. The number of aromatic nitrogens is 2. The van der Waals surface area contributed by atoms with E-state index in [1.807, 2.05) is 48.5 Å². The van der Waals surface area contributed by atoms with Crippen molar-refractivity contribution in [1.82, 2.24) is 30.8 Å². The molecule has 3 amide bonds. The van der Waals surface area contributed by atoms with Crippen LogP contribution in [0.5, 0.6) is 0 Å². The minimum atomic E-state index is -1.76. The zero-order valence-corrected chi connectivity index (χ0v) is 29.8. The van der Waals surface area contributed by atoms with Crippen molar-refractivity contribution < 1.29 is 43.3 Å². The van der Waals surface area contributed by atoms with Crippen molar-refractivity contribution in [2.75, 3.05) is 13.0 Å². The normalized spacial score (nSPS) is 12.9. The van der Waals surface area contributed by atoms with Gasteiger partial charge in [-0.25, -0.2) is 4.79 Å². The number of nitrogens with zero attached hydrogens (tertiary/aromatic N) is 2. The molecule has 1 heterocycles. The smallest absolute Gasteiger partial charge is 0.459 e. The van der Waals surface area contributed by atoms with Crippen LogP contribution in [0, 0.1) is 0 Å². The molecule has 0 aliphatic rings. The topological polar surface area (TPSA) is 207 Å². The summed E-state index contributed by atoms with van der Waals surface area (Å²) in [5.41, 5.74) is 2.36. The third-order valence-electron chi connectivity index (χ3n) is 8.13. The van der Waals surface area contributed by atoms with Crippen LogP contribution in [-0.4, -0.2) is 82.8 Å². The molecule has 0 radical (unpaired) electrons. The second kappa shape index (κ2) is 21.5. The molecule has 54 heavy (non-hydrogen) atoms. The third-order valence-corrected chi connectivity index (χ3v) is 8.13. The van der Waals surface area contributed by atoms with Crippen molar-refractivity contribution in [3.05, 3.63) is 126 Å². The van der Waals surface area contributed by atoms with Crippen LogP contribution in [-0.2, 0) is 53.0 Å². The molecule has 3 aromatic carbocycles. The third kappa shape index (κ3) is 12.9. The molecular weight excluding hydrogens is 695 g/mol.